The predicted molar refractivity (Wildman–Crippen MR) is 68.8 cm³/mol. The Morgan fingerprint density at radius 2 is 2.47 bits per heavy atom. The topological polar surface area (TPSA) is 44.1 Å². The first-order valence-corrected chi connectivity index (χ1v) is 6.55. The molecule has 0 saturated heterocycles. The van der Waals surface area contributed by atoms with Gasteiger partial charge in [-0.1, -0.05) is 0 Å². The van der Waals surface area contributed by atoms with Gasteiger partial charge in [0.1, 0.15) is 0 Å². The smallest absolute Gasteiger partial charge is 0.254 e. The molecule has 0 aliphatic heterocycles. The standard InChI is InChI=1S/C10H11IN2OS/c1-2-13(5-3-4-12)10(14)8-6-9(11)15-7-8/h6-7H,2-3,5H2,1H3. The van der Waals surface area contributed by atoms with Crippen LogP contribution in [0.1, 0.15) is 23.7 Å². The maximum Gasteiger partial charge on any atom is 0.254 e. The fourth-order valence-corrected chi connectivity index (χ4v) is 2.51. The summed E-state index contributed by atoms with van der Waals surface area (Å²) in [5.74, 6) is 0.0203. The molecule has 1 aromatic heterocycles. The molecule has 0 spiro atoms. The summed E-state index contributed by atoms with van der Waals surface area (Å²) in [4.78, 5) is 13.6. The molecule has 0 saturated carbocycles. The van der Waals surface area contributed by atoms with E-state index in [0.717, 1.165) is 8.45 Å². The Balaban J connectivity index is 2.69. The maximum atomic E-state index is 11.9. The molecule has 1 heterocycles. The molecule has 3 nitrogen and oxygen atoms in total. The Hall–Kier alpha value is -0.610. The lowest BCUT2D eigenvalue weighted by Crippen LogP contribution is -2.31. The second-order valence-corrected chi connectivity index (χ2v) is 5.74. The zero-order chi connectivity index (χ0) is 11.3. The van der Waals surface area contributed by atoms with Crippen molar-refractivity contribution in [3.05, 3.63) is 19.9 Å². The van der Waals surface area contributed by atoms with Crippen molar-refractivity contribution in [1.82, 2.24) is 4.90 Å². The lowest BCUT2D eigenvalue weighted by Gasteiger charge is -2.18. The summed E-state index contributed by atoms with van der Waals surface area (Å²) < 4.78 is 1.10. The van der Waals surface area contributed by atoms with Gasteiger partial charge >= 0.3 is 0 Å². The number of carbonyl (C=O) groups is 1. The second kappa shape index (κ2) is 6.08. The Kier molecular flexibility index (Phi) is 5.05. The summed E-state index contributed by atoms with van der Waals surface area (Å²) in [6.45, 7) is 3.08. The number of nitrogens with zero attached hydrogens (tertiary/aromatic N) is 2. The molecule has 0 fully saturated rings. The van der Waals surface area contributed by atoms with Crippen LogP contribution in [-0.4, -0.2) is 23.9 Å². The molecular formula is C10H11IN2OS. The Morgan fingerprint density at radius 1 is 1.73 bits per heavy atom. The highest BCUT2D eigenvalue weighted by Crippen LogP contribution is 2.18. The van der Waals surface area contributed by atoms with Crippen molar-refractivity contribution in [2.24, 2.45) is 0 Å². The van der Waals surface area contributed by atoms with E-state index in [0.29, 0.717) is 19.5 Å². The molecule has 0 aliphatic carbocycles. The van der Waals surface area contributed by atoms with Crippen molar-refractivity contribution in [1.29, 1.82) is 5.26 Å². The SMILES string of the molecule is CCN(CCC#N)C(=O)c1csc(I)c1. The minimum absolute atomic E-state index is 0.0203. The Morgan fingerprint density at radius 3 is 2.93 bits per heavy atom. The van der Waals surface area contributed by atoms with Crippen LogP contribution in [0.2, 0.25) is 0 Å². The van der Waals surface area contributed by atoms with Crippen LogP contribution in [0, 0.1) is 14.2 Å². The fourth-order valence-electron chi connectivity index (χ4n) is 1.19. The minimum Gasteiger partial charge on any atom is -0.338 e. The molecule has 80 valence electrons. The average Bonchev–Trinajstić information content (AvgIpc) is 2.65. The first-order chi connectivity index (χ1) is 7.19. The summed E-state index contributed by atoms with van der Waals surface area (Å²) in [7, 11) is 0. The van der Waals surface area contributed by atoms with E-state index in [2.05, 4.69) is 28.7 Å². The van der Waals surface area contributed by atoms with Crippen LogP contribution in [0.15, 0.2) is 11.4 Å². The first-order valence-electron chi connectivity index (χ1n) is 4.59. The molecule has 0 aromatic carbocycles. The van der Waals surface area contributed by atoms with Crippen molar-refractivity contribution in [2.75, 3.05) is 13.1 Å². The maximum absolute atomic E-state index is 11.9. The van der Waals surface area contributed by atoms with Gasteiger partial charge in [-0.15, -0.1) is 11.3 Å². The Bertz CT molecular complexity index is 383. The molecule has 0 radical (unpaired) electrons. The van der Waals surface area contributed by atoms with Crippen LogP contribution in [0.5, 0.6) is 0 Å². The van der Waals surface area contributed by atoms with E-state index in [4.69, 9.17) is 5.26 Å². The minimum atomic E-state index is 0.0203. The van der Waals surface area contributed by atoms with Crippen molar-refractivity contribution in [2.45, 2.75) is 13.3 Å². The fraction of sp³-hybridized carbons (Fsp3) is 0.400. The zero-order valence-corrected chi connectivity index (χ0v) is 11.3. The zero-order valence-electron chi connectivity index (χ0n) is 8.36. The van der Waals surface area contributed by atoms with Crippen molar-refractivity contribution in [3.8, 4) is 6.07 Å². The quantitative estimate of drug-likeness (QED) is 0.795. The third-order valence-electron chi connectivity index (χ3n) is 1.98. The third-order valence-corrected chi connectivity index (χ3v) is 3.77. The highest BCUT2D eigenvalue weighted by atomic mass is 127. The van der Waals surface area contributed by atoms with Crippen molar-refractivity contribution < 1.29 is 4.79 Å². The van der Waals surface area contributed by atoms with Crippen LogP contribution < -0.4 is 0 Å². The predicted octanol–water partition coefficient (Wildman–Crippen LogP) is 2.73. The molecule has 1 aromatic rings. The summed E-state index contributed by atoms with van der Waals surface area (Å²) in [5, 5.41) is 10.3. The lowest BCUT2D eigenvalue weighted by atomic mass is 10.3. The molecule has 1 rings (SSSR count). The number of hydrogen-bond acceptors (Lipinski definition) is 3. The van der Waals surface area contributed by atoms with Gasteiger partial charge in [-0.05, 0) is 35.6 Å². The molecule has 0 aliphatic rings. The second-order valence-electron chi connectivity index (χ2n) is 2.93. The van der Waals surface area contributed by atoms with Gasteiger partial charge in [0.2, 0.25) is 0 Å². The van der Waals surface area contributed by atoms with Crippen LogP contribution >= 0.6 is 33.9 Å². The van der Waals surface area contributed by atoms with E-state index < -0.39 is 0 Å². The molecule has 0 unspecified atom stereocenters. The van der Waals surface area contributed by atoms with Gasteiger partial charge < -0.3 is 4.90 Å². The summed E-state index contributed by atoms with van der Waals surface area (Å²) >= 11 is 3.75. The van der Waals surface area contributed by atoms with E-state index in [1.165, 1.54) is 0 Å². The van der Waals surface area contributed by atoms with Crippen LogP contribution in [0.25, 0.3) is 0 Å². The van der Waals surface area contributed by atoms with Gasteiger partial charge in [0, 0.05) is 18.5 Å². The molecule has 0 N–H and O–H groups in total. The number of thiophene rings is 1. The molecule has 15 heavy (non-hydrogen) atoms. The van der Waals surface area contributed by atoms with Gasteiger partial charge in [-0.25, -0.2) is 0 Å². The summed E-state index contributed by atoms with van der Waals surface area (Å²) in [5.41, 5.74) is 0.726. The molecular weight excluding hydrogens is 323 g/mol. The van der Waals surface area contributed by atoms with Crippen molar-refractivity contribution in [3.63, 3.8) is 0 Å². The summed E-state index contributed by atoms with van der Waals surface area (Å²) in [6, 6.07) is 3.93. The number of amides is 1. The molecule has 0 bridgehead atoms. The van der Waals surface area contributed by atoms with E-state index in [-0.39, 0.29) is 5.91 Å². The van der Waals surface area contributed by atoms with Crippen molar-refractivity contribution >= 4 is 39.8 Å². The normalized spacial score (nSPS) is 9.67. The lowest BCUT2D eigenvalue weighted by molar-refractivity contribution is 0.0768. The van der Waals surface area contributed by atoms with E-state index in [1.807, 2.05) is 18.4 Å². The molecule has 1 amide bonds. The van der Waals surface area contributed by atoms with Gasteiger partial charge in [-0.3, -0.25) is 4.79 Å². The first kappa shape index (κ1) is 12.5. The largest absolute Gasteiger partial charge is 0.338 e. The number of nitriles is 1. The van der Waals surface area contributed by atoms with Gasteiger partial charge in [0.15, 0.2) is 0 Å². The molecule has 5 heteroatoms. The third kappa shape index (κ3) is 3.47. The molecule has 0 atom stereocenters. The number of hydrogen-bond donors (Lipinski definition) is 0. The number of halogens is 1. The van der Waals surface area contributed by atoms with Crippen LogP contribution in [0.4, 0.5) is 0 Å². The average molecular weight is 334 g/mol. The van der Waals surface area contributed by atoms with Gasteiger partial charge in [0.05, 0.1) is 20.9 Å². The van der Waals surface area contributed by atoms with Gasteiger partial charge in [-0.2, -0.15) is 5.26 Å². The number of carbonyl (C=O) groups excluding carboxylic acids is 1. The van der Waals surface area contributed by atoms with Crippen LogP contribution in [0.3, 0.4) is 0 Å². The van der Waals surface area contributed by atoms with E-state index >= 15 is 0 Å². The summed E-state index contributed by atoms with van der Waals surface area (Å²) in [6.07, 6.45) is 0.390. The van der Waals surface area contributed by atoms with Crippen LogP contribution in [-0.2, 0) is 0 Å². The van der Waals surface area contributed by atoms with Gasteiger partial charge in [0.25, 0.3) is 5.91 Å². The van der Waals surface area contributed by atoms with E-state index in [1.54, 1.807) is 16.2 Å². The highest BCUT2D eigenvalue weighted by molar-refractivity contribution is 14.1. The van der Waals surface area contributed by atoms with E-state index in [9.17, 15) is 4.79 Å². The highest BCUT2D eigenvalue weighted by Gasteiger charge is 2.14. The Labute approximate surface area is 107 Å². The monoisotopic (exact) mass is 334 g/mol. The number of rotatable bonds is 4.